The zero-order chi connectivity index (χ0) is 18.4. The molecule has 0 spiro atoms. The summed E-state index contributed by atoms with van der Waals surface area (Å²) in [7, 11) is 0. The predicted octanol–water partition coefficient (Wildman–Crippen LogP) is 2.58. The molecular formula is C18H22N6S. The third-order valence-electron chi connectivity index (χ3n) is 4.32. The van der Waals surface area contributed by atoms with Crippen LogP contribution < -0.4 is 17.2 Å². The van der Waals surface area contributed by atoms with Crippen LogP contribution in [-0.2, 0) is 12.0 Å². The Balaban J connectivity index is 2.09. The van der Waals surface area contributed by atoms with E-state index < -0.39 is 0 Å². The van der Waals surface area contributed by atoms with Crippen LogP contribution in [0, 0.1) is 0 Å². The van der Waals surface area contributed by atoms with Gasteiger partial charge in [-0.3, -0.25) is 0 Å². The summed E-state index contributed by atoms with van der Waals surface area (Å²) in [5.74, 6) is 0.774. The highest BCUT2D eigenvalue weighted by atomic mass is 32.1. The lowest BCUT2D eigenvalue weighted by atomic mass is 9.87. The van der Waals surface area contributed by atoms with Gasteiger partial charge in [-0.25, -0.2) is 9.97 Å². The Kier molecular flexibility index (Phi) is 4.12. The summed E-state index contributed by atoms with van der Waals surface area (Å²) in [5, 5.41) is 0.610. The first-order valence-corrected chi connectivity index (χ1v) is 8.38. The van der Waals surface area contributed by atoms with Crippen molar-refractivity contribution in [1.82, 2.24) is 14.5 Å². The molecule has 0 bridgehead atoms. The molecule has 0 unspecified atom stereocenters. The average molecular weight is 354 g/mol. The van der Waals surface area contributed by atoms with Gasteiger partial charge in [0.15, 0.2) is 0 Å². The molecule has 0 aliphatic carbocycles. The standard InChI is InChI=1S/C18H22N6S/c1-18(2,3)11-6-4-10(5-7-11)8-24-15(20)13(16(21)25)12-14(19)22-9-23-17(12)24/h4-7,9H,8,20H2,1-3H3,(H2,21,25)(H2,19,22,23). The van der Waals surface area contributed by atoms with E-state index in [0.29, 0.717) is 34.8 Å². The lowest BCUT2D eigenvalue weighted by Gasteiger charge is -2.19. The molecule has 0 aliphatic rings. The minimum absolute atomic E-state index is 0.109. The number of hydrogen-bond donors (Lipinski definition) is 3. The summed E-state index contributed by atoms with van der Waals surface area (Å²) >= 11 is 5.15. The first kappa shape index (κ1) is 17.2. The van der Waals surface area contributed by atoms with E-state index in [1.165, 1.54) is 11.9 Å². The Morgan fingerprint density at radius 2 is 1.76 bits per heavy atom. The summed E-state index contributed by atoms with van der Waals surface area (Å²) in [6, 6.07) is 8.46. The SMILES string of the molecule is CC(C)(C)c1ccc(Cn2c(N)c(C(N)=S)c3c(N)ncnc32)cc1. The number of benzene rings is 1. The molecule has 0 radical (unpaired) electrons. The zero-order valence-electron chi connectivity index (χ0n) is 14.6. The molecule has 7 heteroatoms. The van der Waals surface area contributed by atoms with Gasteiger partial charge in [0.1, 0.15) is 28.6 Å². The second kappa shape index (κ2) is 6.00. The summed E-state index contributed by atoms with van der Waals surface area (Å²) in [5.41, 5.74) is 21.8. The van der Waals surface area contributed by atoms with Gasteiger partial charge < -0.3 is 21.8 Å². The van der Waals surface area contributed by atoms with Crippen LogP contribution in [0.5, 0.6) is 0 Å². The second-order valence-electron chi connectivity index (χ2n) is 7.12. The maximum absolute atomic E-state index is 6.31. The largest absolute Gasteiger partial charge is 0.389 e. The van der Waals surface area contributed by atoms with Gasteiger partial charge in [-0.05, 0) is 16.5 Å². The van der Waals surface area contributed by atoms with Crippen LogP contribution in [0.1, 0.15) is 37.5 Å². The van der Waals surface area contributed by atoms with E-state index in [1.807, 2.05) is 4.57 Å². The van der Waals surface area contributed by atoms with Crippen molar-refractivity contribution in [2.24, 2.45) is 5.73 Å². The van der Waals surface area contributed by atoms with Gasteiger partial charge in [0, 0.05) is 0 Å². The van der Waals surface area contributed by atoms with Crippen LogP contribution in [0.25, 0.3) is 11.0 Å². The van der Waals surface area contributed by atoms with Crippen molar-refractivity contribution in [3.63, 3.8) is 0 Å². The van der Waals surface area contributed by atoms with E-state index in [2.05, 4.69) is 55.0 Å². The van der Waals surface area contributed by atoms with Crippen LogP contribution in [0.4, 0.5) is 11.6 Å². The summed E-state index contributed by atoms with van der Waals surface area (Å²) in [6.07, 6.45) is 1.42. The van der Waals surface area contributed by atoms with Gasteiger partial charge in [0.05, 0.1) is 17.5 Å². The molecule has 0 saturated carbocycles. The van der Waals surface area contributed by atoms with Crippen molar-refractivity contribution in [2.45, 2.75) is 32.7 Å². The van der Waals surface area contributed by atoms with Crippen molar-refractivity contribution >= 4 is 39.9 Å². The fraction of sp³-hybridized carbons (Fsp3) is 0.278. The fourth-order valence-corrected chi connectivity index (χ4v) is 3.12. The molecule has 0 saturated heterocycles. The van der Waals surface area contributed by atoms with Gasteiger partial charge in [-0.2, -0.15) is 0 Å². The molecule has 0 aliphatic heterocycles. The molecule has 3 rings (SSSR count). The van der Waals surface area contributed by atoms with Crippen molar-refractivity contribution in [3.05, 3.63) is 47.3 Å². The molecule has 2 heterocycles. The van der Waals surface area contributed by atoms with Crippen molar-refractivity contribution in [2.75, 3.05) is 11.5 Å². The van der Waals surface area contributed by atoms with Crippen LogP contribution in [0.3, 0.4) is 0 Å². The third kappa shape index (κ3) is 3.02. The average Bonchev–Trinajstić information content (AvgIpc) is 2.81. The van der Waals surface area contributed by atoms with E-state index in [-0.39, 0.29) is 10.4 Å². The molecule has 25 heavy (non-hydrogen) atoms. The maximum atomic E-state index is 6.31. The van der Waals surface area contributed by atoms with Crippen LogP contribution in [-0.4, -0.2) is 19.5 Å². The number of anilines is 2. The fourth-order valence-electron chi connectivity index (χ4n) is 2.91. The molecule has 0 amide bonds. The van der Waals surface area contributed by atoms with Crippen LogP contribution in [0.15, 0.2) is 30.6 Å². The Bertz CT molecular complexity index is 950. The van der Waals surface area contributed by atoms with E-state index in [0.717, 1.165) is 5.56 Å². The smallest absolute Gasteiger partial charge is 0.148 e. The van der Waals surface area contributed by atoms with E-state index >= 15 is 0 Å². The van der Waals surface area contributed by atoms with Crippen molar-refractivity contribution in [3.8, 4) is 0 Å². The summed E-state index contributed by atoms with van der Waals surface area (Å²) in [4.78, 5) is 8.55. The Morgan fingerprint density at radius 3 is 2.32 bits per heavy atom. The predicted molar refractivity (Wildman–Crippen MR) is 106 cm³/mol. The zero-order valence-corrected chi connectivity index (χ0v) is 15.4. The van der Waals surface area contributed by atoms with Gasteiger partial charge in [0.2, 0.25) is 0 Å². The lowest BCUT2D eigenvalue weighted by molar-refractivity contribution is 0.590. The van der Waals surface area contributed by atoms with Gasteiger partial charge in [0.25, 0.3) is 0 Å². The molecule has 3 aromatic rings. The molecule has 1 aromatic carbocycles. The number of nitrogens with zero attached hydrogens (tertiary/aromatic N) is 3. The lowest BCUT2D eigenvalue weighted by Crippen LogP contribution is -2.13. The number of thiocarbonyl (C=S) groups is 1. The Morgan fingerprint density at radius 1 is 1.12 bits per heavy atom. The number of hydrogen-bond acceptors (Lipinski definition) is 5. The molecule has 6 nitrogen and oxygen atoms in total. The quantitative estimate of drug-likeness (QED) is 0.624. The first-order valence-electron chi connectivity index (χ1n) is 7.97. The normalized spacial score (nSPS) is 11.8. The number of fused-ring (bicyclic) bond motifs is 1. The van der Waals surface area contributed by atoms with E-state index in [1.54, 1.807) is 0 Å². The van der Waals surface area contributed by atoms with Crippen molar-refractivity contribution in [1.29, 1.82) is 0 Å². The van der Waals surface area contributed by atoms with E-state index in [4.69, 9.17) is 29.4 Å². The Labute approximate surface area is 152 Å². The molecule has 0 fully saturated rings. The highest BCUT2D eigenvalue weighted by Gasteiger charge is 2.21. The van der Waals surface area contributed by atoms with Gasteiger partial charge >= 0.3 is 0 Å². The monoisotopic (exact) mass is 354 g/mol. The minimum Gasteiger partial charge on any atom is -0.389 e. The van der Waals surface area contributed by atoms with Gasteiger partial charge in [-0.15, -0.1) is 0 Å². The second-order valence-corrected chi connectivity index (χ2v) is 7.55. The summed E-state index contributed by atoms with van der Waals surface area (Å²) < 4.78 is 1.87. The third-order valence-corrected chi connectivity index (χ3v) is 4.52. The maximum Gasteiger partial charge on any atom is 0.148 e. The number of nitrogen functional groups attached to an aromatic ring is 2. The highest BCUT2D eigenvalue weighted by Crippen LogP contribution is 2.31. The number of nitrogens with two attached hydrogens (primary N) is 3. The van der Waals surface area contributed by atoms with Crippen LogP contribution >= 0.6 is 12.2 Å². The molecule has 130 valence electrons. The molecular weight excluding hydrogens is 332 g/mol. The van der Waals surface area contributed by atoms with Crippen molar-refractivity contribution < 1.29 is 0 Å². The topological polar surface area (TPSA) is 109 Å². The molecule has 6 N–H and O–H groups in total. The minimum atomic E-state index is 0.109. The number of aromatic nitrogens is 3. The van der Waals surface area contributed by atoms with Gasteiger partial charge in [-0.1, -0.05) is 57.3 Å². The molecule has 2 aromatic heterocycles. The molecule has 0 atom stereocenters. The van der Waals surface area contributed by atoms with E-state index in [9.17, 15) is 0 Å². The van der Waals surface area contributed by atoms with Crippen LogP contribution in [0.2, 0.25) is 0 Å². The number of rotatable bonds is 3. The highest BCUT2D eigenvalue weighted by molar-refractivity contribution is 7.80. The Hall–Kier alpha value is -2.67. The summed E-state index contributed by atoms with van der Waals surface area (Å²) in [6.45, 7) is 7.11. The first-order chi connectivity index (χ1) is 11.7.